The van der Waals surface area contributed by atoms with E-state index in [0.717, 1.165) is 18.4 Å². The van der Waals surface area contributed by atoms with Crippen molar-refractivity contribution in [2.24, 2.45) is 11.8 Å². The van der Waals surface area contributed by atoms with Gasteiger partial charge in [-0.05, 0) is 24.9 Å². The Labute approximate surface area is 68.3 Å². The average molecular weight is 152 g/mol. The first-order valence-electron chi connectivity index (χ1n) is 4.44. The lowest BCUT2D eigenvalue weighted by molar-refractivity contribution is 0.347. The summed E-state index contributed by atoms with van der Waals surface area (Å²) in [4.78, 5) is 2.50. The van der Waals surface area contributed by atoms with Crippen molar-refractivity contribution >= 4 is 0 Å². The van der Waals surface area contributed by atoms with Crippen LogP contribution in [0.3, 0.4) is 0 Å². The molecule has 2 nitrogen and oxygen atoms in total. The van der Waals surface area contributed by atoms with Gasteiger partial charge >= 0.3 is 0 Å². The number of likely N-dealkylation sites (tertiary alicyclic amines) is 1. The third kappa shape index (κ3) is 1.33. The predicted octanol–water partition coefficient (Wildman–Crippen LogP) is 0.324. The van der Waals surface area contributed by atoms with Crippen LogP contribution in [0.1, 0.15) is 0 Å². The summed E-state index contributed by atoms with van der Waals surface area (Å²) in [5.41, 5.74) is 0. The van der Waals surface area contributed by atoms with Gasteiger partial charge in [0.2, 0.25) is 0 Å². The van der Waals surface area contributed by atoms with Crippen molar-refractivity contribution in [3.05, 3.63) is 12.7 Å². The molecule has 2 aliphatic rings. The van der Waals surface area contributed by atoms with Crippen LogP contribution in [0.15, 0.2) is 12.7 Å². The Bertz CT molecular complexity index is 144. The Morgan fingerprint density at radius 1 is 1.36 bits per heavy atom. The molecule has 2 atom stereocenters. The molecule has 2 heteroatoms. The standard InChI is InChI=1S/C9H16N2/c1-2-3-11-6-8-4-10-5-9(8)7-11/h2,8-10H,1,3-7H2/t8-,9+. The van der Waals surface area contributed by atoms with Gasteiger partial charge in [0.05, 0.1) is 0 Å². The lowest BCUT2D eigenvalue weighted by Gasteiger charge is -2.13. The highest BCUT2D eigenvalue weighted by atomic mass is 15.2. The van der Waals surface area contributed by atoms with Gasteiger partial charge in [-0.3, -0.25) is 4.90 Å². The molecule has 2 aliphatic heterocycles. The van der Waals surface area contributed by atoms with E-state index < -0.39 is 0 Å². The zero-order chi connectivity index (χ0) is 7.68. The summed E-state index contributed by atoms with van der Waals surface area (Å²) in [6, 6.07) is 0. The first-order valence-corrected chi connectivity index (χ1v) is 4.44. The number of nitrogens with one attached hydrogen (secondary N) is 1. The largest absolute Gasteiger partial charge is 0.316 e. The van der Waals surface area contributed by atoms with E-state index in [1.807, 2.05) is 6.08 Å². The molecular weight excluding hydrogens is 136 g/mol. The van der Waals surface area contributed by atoms with E-state index in [-0.39, 0.29) is 0 Å². The lowest BCUT2D eigenvalue weighted by atomic mass is 10.0. The Hall–Kier alpha value is -0.340. The van der Waals surface area contributed by atoms with Gasteiger partial charge in [-0.15, -0.1) is 6.58 Å². The molecule has 2 saturated heterocycles. The Morgan fingerprint density at radius 3 is 2.55 bits per heavy atom. The van der Waals surface area contributed by atoms with Crippen LogP contribution in [0.4, 0.5) is 0 Å². The highest BCUT2D eigenvalue weighted by molar-refractivity contribution is 4.92. The third-order valence-corrected chi connectivity index (χ3v) is 2.85. The average Bonchev–Trinajstić information content (AvgIpc) is 2.46. The highest BCUT2D eigenvalue weighted by Gasteiger charge is 2.35. The molecular formula is C9H16N2. The number of rotatable bonds is 2. The number of hydrogen-bond donors (Lipinski definition) is 1. The molecule has 0 amide bonds. The fraction of sp³-hybridized carbons (Fsp3) is 0.778. The van der Waals surface area contributed by atoms with Gasteiger partial charge in [-0.2, -0.15) is 0 Å². The van der Waals surface area contributed by atoms with Crippen LogP contribution in [0, 0.1) is 11.8 Å². The Morgan fingerprint density at radius 2 is 2.00 bits per heavy atom. The zero-order valence-corrected chi connectivity index (χ0v) is 6.92. The van der Waals surface area contributed by atoms with Gasteiger partial charge in [0.25, 0.3) is 0 Å². The van der Waals surface area contributed by atoms with Crippen molar-refractivity contribution in [2.45, 2.75) is 0 Å². The quantitative estimate of drug-likeness (QED) is 0.573. The molecule has 0 aromatic heterocycles. The second kappa shape index (κ2) is 2.95. The first kappa shape index (κ1) is 7.32. The third-order valence-electron chi connectivity index (χ3n) is 2.85. The first-order chi connectivity index (χ1) is 5.40. The number of hydrogen-bond acceptors (Lipinski definition) is 2. The van der Waals surface area contributed by atoms with Gasteiger partial charge < -0.3 is 5.32 Å². The van der Waals surface area contributed by atoms with Crippen LogP contribution in [0.25, 0.3) is 0 Å². The van der Waals surface area contributed by atoms with Crippen LogP contribution in [0.5, 0.6) is 0 Å². The maximum absolute atomic E-state index is 3.76. The highest BCUT2D eigenvalue weighted by Crippen LogP contribution is 2.25. The molecule has 0 spiro atoms. The summed E-state index contributed by atoms with van der Waals surface area (Å²) >= 11 is 0. The van der Waals surface area contributed by atoms with Crippen molar-refractivity contribution in [1.29, 1.82) is 0 Å². The van der Waals surface area contributed by atoms with Crippen LogP contribution in [-0.2, 0) is 0 Å². The SMILES string of the molecule is C=CCN1C[C@H]2CNC[C@H]2C1. The normalized spacial score (nSPS) is 37.5. The molecule has 2 rings (SSSR count). The van der Waals surface area contributed by atoms with E-state index in [1.54, 1.807) is 0 Å². The van der Waals surface area contributed by atoms with Gasteiger partial charge in [-0.1, -0.05) is 6.08 Å². The van der Waals surface area contributed by atoms with Crippen LogP contribution in [-0.4, -0.2) is 37.6 Å². The molecule has 0 unspecified atom stereocenters. The molecule has 62 valence electrons. The van der Waals surface area contributed by atoms with Crippen molar-refractivity contribution in [2.75, 3.05) is 32.7 Å². The van der Waals surface area contributed by atoms with Crippen molar-refractivity contribution in [3.63, 3.8) is 0 Å². The smallest absolute Gasteiger partial charge is 0.0160 e. The minimum atomic E-state index is 0.926. The fourth-order valence-corrected chi connectivity index (χ4v) is 2.28. The summed E-state index contributed by atoms with van der Waals surface area (Å²) in [7, 11) is 0. The summed E-state index contributed by atoms with van der Waals surface area (Å²) < 4.78 is 0. The molecule has 0 saturated carbocycles. The second-order valence-corrected chi connectivity index (χ2v) is 3.69. The molecule has 0 aromatic carbocycles. The molecule has 11 heavy (non-hydrogen) atoms. The summed E-state index contributed by atoms with van der Waals surface area (Å²) in [5.74, 6) is 1.85. The van der Waals surface area contributed by atoms with E-state index in [1.165, 1.54) is 26.2 Å². The van der Waals surface area contributed by atoms with E-state index in [4.69, 9.17) is 0 Å². The Balaban J connectivity index is 1.89. The van der Waals surface area contributed by atoms with Gasteiger partial charge in [0, 0.05) is 19.6 Å². The maximum Gasteiger partial charge on any atom is 0.0160 e. The van der Waals surface area contributed by atoms with Crippen molar-refractivity contribution < 1.29 is 0 Å². The molecule has 0 radical (unpaired) electrons. The molecule has 1 N–H and O–H groups in total. The van der Waals surface area contributed by atoms with E-state index in [0.29, 0.717) is 0 Å². The molecule has 0 aliphatic carbocycles. The van der Waals surface area contributed by atoms with E-state index >= 15 is 0 Å². The van der Waals surface area contributed by atoms with Crippen LogP contribution in [0.2, 0.25) is 0 Å². The second-order valence-electron chi connectivity index (χ2n) is 3.69. The van der Waals surface area contributed by atoms with Gasteiger partial charge in [0.15, 0.2) is 0 Å². The van der Waals surface area contributed by atoms with Crippen LogP contribution < -0.4 is 5.32 Å². The summed E-state index contributed by atoms with van der Waals surface area (Å²) in [6.45, 7) is 9.87. The Kier molecular flexibility index (Phi) is 1.96. The van der Waals surface area contributed by atoms with Gasteiger partial charge in [0.1, 0.15) is 0 Å². The topological polar surface area (TPSA) is 15.3 Å². The molecule has 0 aromatic rings. The summed E-state index contributed by atoms with van der Waals surface area (Å²) in [6.07, 6.45) is 2.01. The minimum Gasteiger partial charge on any atom is -0.316 e. The monoisotopic (exact) mass is 152 g/mol. The summed E-state index contributed by atoms with van der Waals surface area (Å²) in [5, 5.41) is 3.43. The fourth-order valence-electron chi connectivity index (χ4n) is 2.28. The number of fused-ring (bicyclic) bond motifs is 1. The number of nitrogens with zero attached hydrogens (tertiary/aromatic N) is 1. The molecule has 2 fully saturated rings. The van der Waals surface area contributed by atoms with E-state index in [9.17, 15) is 0 Å². The van der Waals surface area contributed by atoms with Gasteiger partial charge in [-0.25, -0.2) is 0 Å². The predicted molar refractivity (Wildman–Crippen MR) is 46.5 cm³/mol. The maximum atomic E-state index is 3.76. The lowest BCUT2D eigenvalue weighted by Crippen LogP contribution is -2.25. The minimum absolute atomic E-state index is 0.926. The van der Waals surface area contributed by atoms with Crippen molar-refractivity contribution in [1.82, 2.24) is 10.2 Å². The zero-order valence-electron chi connectivity index (χ0n) is 6.92. The van der Waals surface area contributed by atoms with E-state index in [2.05, 4.69) is 16.8 Å². The molecule has 0 bridgehead atoms. The molecule has 2 heterocycles. The van der Waals surface area contributed by atoms with Crippen molar-refractivity contribution in [3.8, 4) is 0 Å². The van der Waals surface area contributed by atoms with Crippen LogP contribution >= 0.6 is 0 Å².